The number of nitrogens with one attached hydrogen (secondary N) is 5. The summed E-state index contributed by atoms with van der Waals surface area (Å²) in [5, 5.41) is 25.3. The number of amides is 3. The molecule has 1 aliphatic rings. The molecule has 252 valence electrons. The van der Waals surface area contributed by atoms with E-state index in [-0.39, 0.29) is 71.5 Å². The number of aromatic amines is 1. The van der Waals surface area contributed by atoms with Crippen LogP contribution in [0.3, 0.4) is 0 Å². The van der Waals surface area contributed by atoms with Crippen molar-refractivity contribution in [3.63, 3.8) is 0 Å². The maximum absolute atomic E-state index is 12.3. The van der Waals surface area contributed by atoms with Crippen LogP contribution in [-0.2, 0) is 42.9 Å². The van der Waals surface area contributed by atoms with E-state index in [1.165, 1.54) is 6.20 Å². The Bertz CT molecular complexity index is 1260. The Balaban J connectivity index is 1.79. The minimum absolute atomic E-state index is 0.0200. The van der Waals surface area contributed by atoms with Gasteiger partial charge in [-0.1, -0.05) is 0 Å². The predicted octanol–water partition coefficient (Wildman–Crippen LogP) is -5.89. The number of methoxy groups -OCH3 is 2. The van der Waals surface area contributed by atoms with E-state index in [1.54, 1.807) is 4.90 Å². The molecule has 0 saturated carbocycles. The third-order valence-electron chi connectivity index (χ3n) is 6.47. The van der Waals surface area contributed by atoms with Gasteiger partial charge in [0.1, 0.15) is 12.2 Å². The summed E-state index contributed by atoms with van der Waals surface area (Å²) in [6.07, 6.45) is -2.03. The van der Waals surface area contributed by atoms with E-state index < -0.39 is 59.5 Å². The molecule has 20 heteroatoms. The molecule has 0 bridgehead atoms. The second-order valence-corrected chi connectivity index (χ2v) is 9.46. The zero-order valence-electron chi connectivity index (χ0n) is 25.8. The van der Waals surface area contributed by atoms with Crippen molar-refractivity contribution in [2.75, 3.05) is 73.4 Å². The fourth-order valence-electron chi connectivity index (χ4n) is 4.12. The summed E-state index contributed by atoms with van der Waals surface area (Å²) in [5.41, 5.74) is -1.38. The van der Waals surface area contributed by atoms with E-state index in [9.17, 15) is 38.7 Å². The number of carbonyl (C=O) groups excluding carboxylic acids is 5. The lowest BCUT2D eigenvalue weighted by atomic mass is 10.1. The predicted molar refractivity (Wildman–Crippen MR) is 150 cm³/mol. The summed E-state index contributed by atoms with van der Waals surface area (Å²) < 4.78 is 27.8. The van der Waals surface area contributed by atoms with Crippen LogP contribution >= 0.6 is 0 Å². The van der Waals surface area contributed by atoms with E-state index >= 15 is 0 Å². The van der Waals surface area contributed by atoms with E-state index in [1.807, 2.05) is 0 Å². The Morgan fingerprint density at radius 1 is 1.02 bits per heavy atom. The Morgan fingerprint density at radius 2 is 1.62 bits per heavy atom. The van der Waals surface area contributed by atoms with Gasteiger partial charge in [0.05, 0.1) is 46.6 Å². The molecule has 45 heavy (non-hydrogen) atoms. The Hall–Kier alpha value is -4.21. The van der Waals surface area contributed by atoms with Crippen molar-refractivity contribution in [2.24, 2.45) is 0 Å². The van der Waals surface area contributed by atoms with E-state index in [0.717, 1.165) is 24.9 Å². The maximum Gasteiger partial charge on any atom is 0.396 e. The molecule has 4 atom stereocenters. The third kappa shape index (κ3) is 12.0. The van der Waals surface area contributed by atoms with Crippen molar-refractivity contribution >= 4 is 29.7 Å². The van der Waals surface area contributed by atoms with Gasteiger partial charge in [-0.15, -0.1) is 0 Å². The number of H-pyrrole nitrogens is 1. The van der Waals surface area contributed by atoms with Crippen LogP contribution < -0.4 is 32.5 Å². The highest BCUT2D eigenvalue weighted by atomic mass is 16.6. The first-order chi connectivity index (χ1) is 22.0. The van der Waals surface area contributed by atoms with Crippen molar-refractivity contribution in [3.05, 3.63) is 33.1 Å². The number of aliphatic hydroxyl groups is 2. The number of hydrogen-bond acceptors (Lipinski definition) is 15. The van der Waals surface area contributed by atoms with Gasteiger partial charge >= 0.3 is 29.4 Å². The highest BCUT2D eigenvalue weighted by Crippen LogP contribution is 2.28. The van der Waals surface area contributed by atoms with Gasteiger partial charge in [0.25, 0.3) is 5.56 Å². The maximum atomic E-state index is 12.3. The van der Waals surface area contributed by atoms with Crippen LogP contribution in [0.25, 0.3) is 0 Å². The van der Waals surface area contributed by atoms with E-state index in [0.29, 0.717) is 0 Å². The normalized spacial score (nSPS) is 19.4. The molecular weight excluding hydrogens is 606 g/mol. The third-order valence-corrected chi connectivity index (χ3v) is 6.47. The highest BCUT2D eigenvalue weighted by Gasteiger charge is 2.44. The topological polar surface area (TPSA) is 269 Å². The molecular formula is C25H39N7O13. The highest BCUT2D eigenvalue weighted by molar-refractivity contribution is 6.32. The standard InChI is InChI=1S/C25H39N7O13/c1-42-23(39)20(37)27-6-10-31(11-7-28-21(38)24(40)43-2)9-5-26-16(34)4-12-44-14-29-18-19(36)15(13-33)45-22(18)32-8-3-17(35)30-25(32)41/h3,8,15,18-19,22,29,33,36H,4-7,9-14H2,1-2H3,(H,26,34)(H,27,37)(H,28,38)(H,30,35,41)/t15-,18-,19?,22-/m1/s1/i33T. The summed E-state index contributed by atoms with van der Waals surface area (Å²) in [4.78, 5) is 85.6. The molecule has 1 aromatic heterocycles. The van der Waals surface area contributed by atoms with Gasteiger partial charge in [-0.25, -0.2) is 14.4 Å². The van der Waals surface area contributed by atoms with Crippen LogP contribution in [0.1, 0.15) is 12.6 Å². The molecule has 1 aromatic rings. The first-order valence-electron chi connectivity index (χ1n) is 14.2. The molecule has 1 saturated heterocycles. The number of hydrogen-bond donors (Lipinski definition) is 7. The molecule has 0 aliphatic carbocycles. The molecule has 1 unspecified atom stereocenters. The summed E-state index contributed by atoms with van der Waals surface area (Å²) in [5.74, 6) is -4.32. The lowest BCUT2D eigenvalue weighted by Gasteiger charge is -2.23. The molecule has 0 aromatic carbocycles. The van der Waals surface area contributed by atoms with Crippen LogP contribution in [-0.4, -0.2) is 147 Å². The monoisotopic (exact) mass is 647 g/mol. The van der Waals surface area contributed by atoms with Gasteiger partial charge in [-0.2, -0.15) is 0 Å². The lowest BCUT2D eigenvalue weighted by molar-refractivity contribution is -0.152. The van der Waals surface area contributed by atoms with Gasteiger partial charge in [0.2, 0.25) is 7.34 Å². The summed E-state index contributed by atoms with van der Waals surface area (Å²) in [6, 6.07) is 0.224. The average Bonchev–Trinajstić information content (AvgIpc) is 3.33. The van der Waals surface area contributed by atoms with Crippen molar-refractivity contribution in [1.82, 2.24) is 35.7 Å². The van der Waals surface area contributed by atoms with Gasteiger partial charge in [0.15, 0.2) is 6.23 Å². The van der Waals surface area contributed by atoms with Crippen LogP contribution in [0.2, 0.25) is 0 Å². The molecule has 1 fully saturated rings. The second-order valence-electron chi connectivity index (χ2n) is 9.46. The SMILES string of the molecule is [3H]OC[C@H]1O[C@@H](n2ccc(=O)[nH]c2=O)[C@H](NCOCCC(=O)NCCN(CCNC(=O)C(=O)OC)CCNC(=O)C(=O)OC)C1O. The largest absolute Gasteiger partial charge is 0.462 e. The van der Waals surface area contributed by atoms with Gasteiger partial charge in [0, 0.05) is 51.5 Å². The number of esters is 2. The summed E-state index contributed by atoms with van der Waals surface area (Å²) in [7, 11) is 2.14. The van der Waals surface area contributed by atoms with Crippen LogP contribution in [0.4, 0.5) is 0 Å². The summed E-state index contributed by atoms with van der Waals surface area (Å²) >= 11 is 0. The van der Waals surface area contributed by atoms with Crippen molar-refractivity contribution in [3.8, 4) is 0 Å². The molecule has 0 spiro atoms. The Morgan fingerprint density at radius 3 is 2.18 bits per heavy atom. The molecule has 0 radical (unpaired) electrons. The fourth-order valence-corrected chi connectivity index (χ4v) is 4.12. The zero-order chi connectivity index (χ0) is 34.1. The molecule has 2 rings (SSSR count). The number of rotatable bonds is 18. The number of aliphatic hydroxyl groups excluding tert-OH is 2. The quantitative estimate of drug-likeness (QED) is 0.0338. The molecule has 2 heterocycles. The van der Waals surface area contributed by atoms with Crippen LogP contribution in [0.5, 0.6) is 0 Å². The minimum atomic E-state index is -1.20. The van der Waals surface area contributed by atoms with Crippen molar-refractivity contribution in [2.45, 2.75) is 30.9 Å². The fraction of sp³-hybridized carbons (Fsp3) is 0.640. The number of aromatic nitrogens is 2. The first-order valence-corrected chi connectivity index (χ1v) is 13.8. The van der Waals surface area contributed by atoms with Crippen molar-refractivity contribution < 1.29 is 53.1 Å². The van der Waals surface area contributed by atoms with Crippen molar-refractivity contribution in [1.29, 1.82) is 1.43 Å². The average molecular weight is 648 g/mol. The molecule has 20 nitrogen and oxygen atoms in total. The number of ether oxygens (including phenoxy) is 4. The molecule has 7 N–H and O–H groups in total. The van der Waals surface area contributed by atoms with Gasteiger partial charge in [-0.05, 0) is 0 Å². The van der Waals surface area contributed by atoms with Crippen LogP contribution in [0, 0.1) is 0 Å². The van der Waals surface area contributed by atoms with E-state index in [2.05, 4.69) is 40.8 Å². The molecule has 1 aliphatic heterocycles. The summed E-state index contributed by atoms with van der Waals surface area (Å²) in [6.45, 7) is 0.594. The smallest absolute Gasteiger partial charge is 0.396 e. The molecule has 3 amide bonds. The zero-order valence-corrected chi connectivity index (χ0v) is 24.8. The first kappa shape index (κ1) is 35.3. The van der Waals surface area contributed by atoms with Crippen LogP contribution in [0.15, 0.2) is 21.9 Å². The number of carbonyl (C=O) groups is 5. The van der Waals surface area contributed by atoms with Gasteiger partial charge < -0.3 is 45.1 Å². The number of nitrogens with zero attached hydrogens (tertiary/aromatic N) is 2. The minimum Gasteiger partial charge on any atom is -0.462 e. The lowest BCUT2D eigenvalue weighted by Crippen LogP contribution is -2.47. The van der Waals surface area contributed by atoms with E-state index in [4.69, 9.17) is 10.9 Å². The van der Waals surface area contributed by atoms with Gasteiger partial charge in [-0.3, -0.25) is 38.9 Å². The second kappa shape index (κ2) is 19.2. The Kier molecular flexibility index (Phi) is 15.1. The Labute approximate surface area is 257 Å².